The van der Waals surface area contributed by atoms with Crippen LogP contribution in [0, 0.1) is 5.82 Å². The monoisotopic (exact) mass is 461 g/mol. The van der Waals surface area contributed by atoms with Gasteiger partial charge in [-0.15, -0.1) is 0 Å². The van der Waals surface area contributed by atoms with E-state index in [1.54, 1.807) is 26.8 Å². The number of ether oxygens (including phenoxy) is 1. The number of para-hydroxylation sites is 1. The molecule has 0 bridgehead atoms. The van der Waals surface area contributed by atoms with Crippen LogP contribution in [-0.2, 0) is 14.3 Å². The second-order valence-corrected chi connectivity index (χ2v) is 8.41. The Morgan fingerprint density at radius 3 is 2.53 bits per heavy atom. The zero-order valence-electron chi connectivity index (χ0n) is 17.5. The van der Waals surface area contributed by atoms with Gasteiger partial charge in [0, 0.05) is 11.1 Å². The highest BCUT2D eigenvalue weighted by Crippen LogP contribution is 2.34. The van der Waals surface area contributed by atoms with Crippen molar-refractivity contribution in [2.45, 2.75) is 38.5 Å². The molecule has 0 fully saturated rings. The van der Waals surface area contributed by atoms with Gasteiger partial charge in [0.05, 0.1) is 16.4 Å². The standard InChI is InChI=1S/C22H21ClFN3O5/c1-22(2,3)32-21(31)27-18-19(28)26-16-12(8-6-9-13(16)23)17(25-18)15(20(29)30)11-7-4-5-10-14(11)24/h4-10,15,18H,1-3H3,(H,26,28)(H,27,31)(H,29,30). The van der Waals surface area contributed by atoms with Crippen molar-refractivity contribution in [2.24, 2.45) is 4.99 Å². The number of carboxylic acids is 1. The number of carbonyl (C=O) groups excluding carboxylic acids is 2. The van der Waals surface area contributed by atoms with Gasteiger partial charge in [-0.3, -0.25) is 19.9 Å². The summed E-state index contributed by atoms with van der Waals surface area (Å²) in [5.41, 5.74) is -0.862. The van der Waals surface area contributed by atoms with Crippen molar-refractivity contribution in [3.63, 3.8) is 0 Å². The summed E-state index contributed by atoms with van der Waals surface area (Å²) in [4.78, 5) is 41.6. The highest BCUT2D eigenvalue weighted by molar-refractivity contribution is 6.36. The minimum absolute atomic E-state index is 0.106. The van der Waals surface area contributed by atoms with Gasteiger partial charge in [0.15, 0.2) is 0 Å². The molecule has 0 saturated heterocycles. The van der Waals surface area contributed by atoms with Crippen LogP contribution in [0.5, 0.6) is 0 Å². The van der Waals surface area contributed by atoms with E-state index in [0.29, 0.717) is 0 Å². The first kappa shape index (κ1) is 23.2. The van der Waals surface area contributed by atoms with E-state index in [-0.39, 0.29) is 27.5 Å². The molecule has 1 aliphatic rings. The molecule has 2 unspecified atom stereocenters. The number of halogens is 2. The lowest BCUT2D eigenvalue weighted by Crippen LogP contribution is -2.44. The minimum atomic E-state index is -1.58. The van der Waals surface area contributed by atoms with E-state index in [4.69, 9.17) is 16.3 Å². The molecule has 1 heterocycles. The van der Waals surface area contributed by atoms with Crippen LogP contribution in [0.15, 0.2) is 47.5 Å². The lowest BCUT2D eigenvalue weighted by Gasteiger charge is -2.22. The maximum Gasteiger partial charge on any atom is 0.409 e. The van der Waals surface area contributed by atoms with E-state index in [1.165, 1.54) is 30.3 Å². The molecule has 168 valence electrons. The van der Waals surface area contributed by atoms with Crippen LogP contribution in [0.2, 0.25) is 5.02 Å². The third-order valence-corrected chi connectivity index (χ3v) is 4.76. The molecule has 1 aliphatic heterocycles. The summed E-state index contributed by atoms with van der Waals surface area (Å²) in [5.74, 6) is -4.50. The van der Waals surface area contributed by atoms with Gasteiger partial charge in [-0.1, -0.05) is 41.9 Å². The number of benzodiazepines with no additional fused rings is 1. The van der Waals surface area contributed by atoms with E-state index in [1.807, 2.05) is 0 Å². The topological polar surface area (TPSA) is 117 Å². The second kappa shape index (κ2) is 8.96. The molecule has 2 amide bonds. The lowest BCUT2D eigenvalue weighted by atomic mass is 9.88. The number of nitrogens with one attached hydrogen (secondary N) is 2. The van der Waals surface area contributed by atoms with Crippen molar-refractivity contribution in [2.75, 3.05) is 5.32 Å². The number of aliphatic carboxylic acids is 1. The fourth-order valence-electron chi connectivity index (χ4n) is 3.18. The number of hydrogen-bond acceptors (Lipinski definition) is 5. The first-order valence-electron chi connectivity index (χ1n) is 9.62. The molecule has 3 N–H and O–H groups in total. The quantitative estimate of drug-likeness (QED) is 0.637. The Hall–Kier alpha value is -3.46. The van der Waals surface area contributed by atoms with Crippen molar-refractivity contribution in [3.05, 3.63) is 64.4 Å². The highest BCUT2D eigenvalue weighted by Gasteiger charge is 2.36. The van der Waals surface area contributed by atoms with E-state index < -0.39 is 41.5 Å². The van der Waals surface area contributed by atoms with Crippen molar-refractivity contribution in [3.8, 4) is 0 Å². The molecule has 2 aromatic carbocycles. The van der Waals surface area contributed by atoms with Crippen LogP contribution in [0.1, 0.15) is 37.8 Å². The van der Waals surface area contributed by atoms with Gasteiger partial charge in [0.1, 0.15) is 17.3 Å². The summed E-state index contributed by atoms with van der Waals surface area (Å²) >= 11 is 6.24. The largest absolute Gasteiger partial charge is 0.480 e. The molecule has 3 rings (SSSR count). The van der Waals surface area contributed by atoms with Gasteiger partial charge in [0.2, 0.25) is 6.17 Å². The van der Waals surface area contributed by atoms with Gasteiger partial charge in [-0.2, -0.15) is 0 Å². The molecular formula is C22H21ClFN3O5. The number of carbonyl (C=O) groups is 3. The number of hydrogen-bond donors (Lipinski definition) is 3. The number of rotatable bonds is 4. The van der Waals surface area contributed by atoms with Gasteiger partial charge < -0.3 is 15.2 Å². The maximum atomic E-state index is 14.6. The number of amides is 2. The van der Waals surface area contributed by atoms with Crippen LogP contribution in [0.3, 0.4) is 0 Å². The number of aliphatic imine (C=N–C) groups is 1. The van der Waals surface area contributed by atoms with Crippen molar-refractivity contribution in [1.82, 2.24) is 5.32 Å². The molecule has 0 saturated carbocycles. The maximum absolute atomic E-state index is 14.6. The predicted octanol–water partition coefficient (Wildman–Crippen LogP) is 3.94. The Labute approximate surface area is 188 Å². The number of nitrogens with zero attached hydrogens (tertiary/aromatic N) is 1. The number of alkyl carbamates (subject to hydrolysis) is 1. The number of carboxylic acid groups (broad SMARTS) is 1. The van der Waals surface area contributed by atoms with Crippen LogP contribution in [0.4, 0.5) is 14.9 Å². The molecule has 32 heavy (non-hydrogen) atoms. The molecule has 0 aromatic heterocycles. The third kappa shape index (κ3) is 5.05. The first-order valence-corrected chi connectivity index (χ1v) is 10.00. The van der Waals surface area contributed by atoms with Gasteiger partial charge in [-0.05, 0) is 32.9 Å². The zero-order chi connectivity index (χ0) is 23.6. The average molecular weight is 462 g/mol. The summed E-state index contributed by atoms with van der Waals surface area (Å²) in [5, 5.41) is 15.0. The molecule has 0 spiro atoms. The van der Waals surface area contributed by atoms with E-state index in [2.05, 4.69) is 15.6 Å². The summed E-state index contributed by atoms with van der Waals surface area (Å²) in [6.07, 6.45) is -2.48. The normalized spacial score (nSPS) is 16.7. The summed E-state index contributed by atoms with van der Waals surface area (Å²) in [7, 11) is 0. The van der Waals surface area contributed by atoms with E-state index in [9.17, 15) is 23.9 Å². The fourth-order valence-corrected chi connectivity index (χ4v) is 3.40. The minimum Gasteiger partial charge on any atom is -0.480 e. The van der Waals surface area contributed by atoms with Gasteiger partial charge >= 0.3 is 12.1 Å². The fraction of sp³-hybridized carbons (Fsp3) is 0.273. The van der Waals surface area contributed by atoms with Crippen LogP contribution < -0.4 is 10.6 Å². The van der Waals surface area contributed by atoms with E-state index in [0.717, 1.165) is 6.07 Å². The Balaban J connectivity index is 2.16. The summed E-state index contributed by atoms with van der Waals surface area (Å²) in [6.45, 7) is 4.92. The number of benzene rings is 2. The zero-order valence-corrected chi connectivity index (χ0v) is 18.2. The number of anilines is 1. The van der Waals surface area contributed by atoms with Crippen molar-refractivity contribution >= 4 is 41.0 Å². The third-order valence-electron chi connectivity index (χ3n) is 4.44. The molecule has 10 heteroatoms. The van der Waals surface area contributed by atoms with Crippen LogP contribution in [-0.4, -0.2) is 40.6 Å². The van der Waals surface area contributed by atoms with Gasteiger partial charge in [0.25, 0.3) is 5.91 Å². The second-order valence-electron chi connectivity index (χ2n) is 8.01. The number of fused-ring (bicyclic) bond motifs is 1. The molecule has 8 nitrogen and oxygen atoms in total. The molecule has 0 aliphatic carbocycles. The van der Waals surface area contributed by atoms with Crippen LogP contribution in [0.25, 0.3) is 0 Å². The van der Waals surface area contributed by atoms with E-state index >= 15 is 0 Å². The molecular weight excluding hydrogens is 441 g/mol. The van der Waals surface area contributed by atoms with Crippen molar-refractivity contribution < 1.29 is 28.6 Å². The first-order chi connectivity index (χ1) is 15.0. The Morgan fingerprint density at radius 1 is 1.22 bits per heavy atom. The average Bonchev–Trinajstić information content (AvgIpc) is 2.80. The lowest BCUT2D eigenvalue weighted by molar-refractivity contribution is -0.137. The summed E-state index contributed by atoms with van der Waals surface area (Å²) < 4.78 is 19.7. The SMILES string of the molecule is CC(C)(C)OC(=O)NC1N=C(C(C(=O)O)c2ccccc2F)c2cccc(Cl)c2NC1=O. The molecule has 2 atom stereocenters. The Morgan fingerprint density at radius 2 is 1.91 bits per heavy atom. The smallest absolute Gasteiger partial charge is 0.409 e. The Kier molecular flexibility index (Phi) is 6.50. The Bertz CT molecular complexity index is 1110. The van der Waals surface area contributed by atoms with Crippen molar-refractivity contribution in [1.29, 1.82) is 0 Å². The highest BCUT2D eigenvalue weighted by atomic mass is 35.5. The van der Waals surface area contributed by atoms with Gasteiger partial charge in [-0.25, -0.2) is 9.18 Å². The van der Waals surface area contributed by atoms with Crippen LogP contribution >= 0.6 is 11.6 Å². The predicted molar refractivity (Wildman–Crippen MR) is 117 cm³/mol. The molecule has 2 aromatic rings. The molecule has 0 radical (unpaired) electrons. The summed E-state index contributed by atoms with van der Waals surface area (Å²) in [6, 6.07) is 9.91.